The van der Waals surface area contributed by atoms with Crippen LogP contribution in [0.3, 0.4) is 0 Å². The van der Waals surface area contributed by atoms with Gasteiger partial charge in [-0.05, 0) is 35.9 Å². The van der Waals surface area contributed by atoms with Gasteiger partial charge in [0.1, 0.15) is 11.5 Å². The van der Waals surface area contributed by atoms with Crippen molar-refractivity contribution in [2.45, 2.75) is 6.42 Å². The summed E-state index contributed by atoms with van der Waals surface area (Å²) < 4.78 is 5.53. The van der Waals surface area contributed by atoms with Crippen LogP contribution in [0, 0.1) is 12.3 Å². The molecule has 1 aromatic heterocycles. The lowest BCUT2D eigenvalue weighted by Crippen LogP contribution is -1.85. The highest BCUT2D eigenvalue weighted by molar-refractivity contribution is 5.40. The van der Waals surface area contributed by atoms with Crippen molar-refractivity contribution in [3.63, 3.8) is 0 Å². The first-order valence-electron chi connectivity index (χ1n) is 5.08. The van der Waals surface area contributed by atoms with Gasteiger partial charge in [-0.2, -0.15) is 0 Å². The molecular weight excluding hydrogens is 196 g/mol. The molecule has 0 N–H and O–H groups in total. The molecule has 1 heterocycles. The third-order valence-electron chi connectivity index (χ3n) is 2.38. The van der Waals surface area contributed by atoms with E-state index in [-0.39, 0.29) is 0 Å². The molecule has 2 aromatic rings. The fourth-order valence-corrected chi connectivity index (χ4v) is 1.52. The number of hydrogen-bond acceptors (Lipinski definition) is 1. The highest BCUT2D eigenvalue weighted by Gasteiger charge is 2.01. The van der Waals surface area contributed by atoms with Gasteiger partial charge in [0.2, 0.25) is 0 Å². The molecule has 0 atom stereocenters. The van der Waals surface area contributed by atoms with E-state index in [0.717, 1.165) is 23.5 Å². The minimum Gasteiger partial charge on any atom is -0.461 e. The lowest BCUT2D eigenvalue weighted by molar-refractivity contribution is 0.512. The highest BCUT2D eigenvalue weighted by Crippen LogP contribution is 2.14. The van der Waals surface area contributed by atoms with Gasteiger partial charge in [0.05, 0.1) is 0 Å². The van der Waals surface area contributed by atoms with Crippen LogP contribution >= 0.6 is 0 Å². The minimum absolute atomic E-state index is 0.776. The van der Waals surface area contributed by atoms with Gasteiger partial charge in [0.15, 0.2) is 0 Å². The average molecular weight is 208 g/mol. The van der Waals surface area contributed by atoms with E-state index in [1.165, 1.54) is 5.56 Å². The van der Waals surface area contributed by atoms with Crippen molar-refractivity contribution in [3.8, 4) is 12.3 Å². The summed E-state index contributed by atoms with van der Waals surface area (Å²) in [4.78, 5) is 0. The number of rotatable bonds is 3. The first-order chi connectivity index (χ1) is 7.81. The van der Waals surface area contributed by atoms with Gasteiger partial charge in [0.25, 0.3) is 0 Å². The number of benzene rings is 1. The molecule has 1 nitrogen and oxygen atoms in total. The van der Waals surface area contributed by atoms with Gasteiger partial charge in [-0.3, -0.25) is 0 Å². The van der Waals surface area contributed by atoms with E-state index in [1.54, 1.807) is 6.08 Å². The minimum atomic E-state index is 0.776. The second-order valence-electron chi connectivity index (χ2n) is 3.53. The summed E-state index contributed by atoms with van der Waals surface area (Å²) in [6.45, 7) is 3.66. The molecule has 0 bridgehead atoms. The van der Waals surface area contributed by atoms with Gasteiger partial charge in [-0.1, -0.05) is 24.6 Å². The molecule has 0 amide bonds. The fourth-order valence-electron chi connectivity index (χ4n) is 1.52. The third kappa shape index (κ3) is 2.24. The molecule has 0 aliphatic rings. The smallest absolute Gasteiger partial charge is 0.126 e. The van der Waals surface area contributed by atoms with Crippen molar-refractivity contribution in [1.29, 1.82) is 0 Å². The maximum absolute atomic E-state index is 5.53. The molecule has 16 heavy (non-hydrogen) atoms. The van der Waals surface area contributed by atoms with Crippen LogP contribution in [0.25, 0.3) is 6.08 Å². The number of terminal acetylenes is 1. The molecule has 0 aliphatic heterocycles. The molecule has 0 radical (unpaired) electrons. The molecule has 0 aliphatic carbocycles. The van der Waals surface area contributed by atoms with E-state index in [9.17, 15) is 0 Å². The maximum atomic E-state index is 5.53. The van der Waals surface area contributed by atoms with E-state index in [4.69, 9.17) is 10.8 Å². The zero-order valence-corrected chi connectivity index (χ0v) is 8.94. The molecule has 2 rings (SSSR count). The van der Waals surface area contributed by atoms with Crippen LogP contribution < -0.4 is 0 Å². The van der Waals surface area contributed by atoms with E-state index < -0.39 is 0 Å². The van der Waals surface area contributed by atoms with Crippen LogP contribution in [-0.2, 0) is 6.42 Å². The number of furan rings is 1. The van der Waals surface area contributed by atoms with Crippen LogP contribution in [0.15, 0.2) is 47.4 Å². The van der Waals surface area contributed by atoms with Crippen LogP contribution in [0.5, 0.6) is 0 Å². The first kappa shape index (κ1) is 10.3. The molecule has 1 aromatic carbocycles. The van der Waals surface area contributed by atoms with Gasteiger partial charge < -0.3 is 4.42 Å². The summed E-state index contributed by atoms with van der Waals surface area (Å²) in [6, 6.07) is 11.8. The largest absolute Gasteiger partial charge is 0.461 e. The Kier molecular flexibility index (Phi) is 2.93. The first-order valence-corrected chi connectivity index (χ1v) is 5.08. The predicted octanol–water partition coefficient (Wildman–Crippen LogP) is 3.49. The molecule has 0 unspecified atom stereocenters. The second-order valence-corrected chi connectivity index (χ2v) is 3.53. The predicted molar refractivity (Wildman–Crippen MR) is 66.0 cm³/mol. The van der Waals surface area contributed by atoms with Crippen molar-refractivity contribution >= 4 is 6.08 Å². The Morgan fingerprint density at radius 2 is 1.94 bits per heavy atom. The summed E-state index contributed by atoms with van der Waals surface area (Å²) >= 11 is 0. The monoisotopic (exact) mass is 208 g/mol. The molecular formula is C15H12O. The zero-order valence-electron chi connectivity index (χ0n) is 8.94. The van der Waals surface area contributed by atoms with E-state index in [2.05, 4.69) is 12.5 Å². The number of hydrogen-bond donors (Lipinski definition) is 0. The molecule has 0 spiro atoms. The van der Waals surface area contributed by atoms with E-state index >= 15 is 0 Å². The van der Waals surface area contributed by atoms with Gasteiger partial charge >= 0.3 is 0 Å². The maximum Gasteiger partial charge on any atom is 0.126 e. The van der Waals surface area contributed by atoms with Crippen molar-refractivity contribution < 1.29 is 4.42 Å². The lowest BCUT2D eigenvalue weighted by atomic mass is 10.1. The van der Waals surface area contributed by atoms with Gasteiger partial charge in [0, 0.05) is 12.0 Å². The second kappa shape index (κ2) is 4.55. The molecule has 0 saturated heterocycles. The Balaban J connectivity index is 2.14. The van der Waals surface area contributed by atoms with Crippen molar-refractivity contribution in [2.24, 2.45) is 0 Å². The fraction of sp³-hybridized carbons (Fsp3) is 0.0667. The Morgan fingerprint density at radius 3 is 2.50 bits per heavy atom. The molecule has 78 valence electrons. The Labute approximate surface area is 95.4 Å². The standard InChI is InChI=1S/C15H12O/c1-3-12-5-7-13(8-6-12)11-15-10-9-14(4-2)16-15/h1,4-10H,2,11H2. The summed E-state index contributed by atoms with van der Waals surface area (Å²) in [5.41, 5.74) is 2.08. The Morgan fingerprint density at radius 1 is 1.19 bits per heavy atom. The van der Waals surface area contributed by atoms with Crippen molar-refractivity contribution in [3.05, 3.63) is 65.6 Å². The Hall–Kier alpha value is -2.20. The van der Waals surface area contributed by atoms with Gasteiger partial charge in [-0.25, -0.2) is 0 Å². The summed E-state index contributed by atoms with van der Waals surface area (Å²) in [5, 5.41) is 0. The highest BCUT2D eigenvalue weighted by atomic mass is 16.3. The van der Waals surface area contributed by atoms with Crippen LogP contribution in [0.4, 0.5) is 0 Å². The summed E-state index contributed by atoms with van der Waals surface area (Å²) in [6.07, 6.45) is 7.77. The quantitative estimate of drug-likeness (QED) is 0.704. The summed E-state index contributed by atoms with van der Waals surface area (Å²) in [5.74, 6) is 4.33. The Bertz CT molecular complexity index is 523. The van der Waals surface area contributed by atoms with Crippen molar-refractivity contribution in [2.75, 3.05) is 0 Å². The molecule has 0 fully saturated rings. The lowest BCUT2D eigenvalue weighted by Gasteiger charge is -1.98. The topological polar surface area (TPSA) is 13.1 Å². The third-order valence-corrected chi connectivity index (χ3v) is 2.38. The van der Waals surface area contributed by atoms with E-state index in [0.29, 0.717) is 0 Å². The average Bonchev–Trinajstić information content (AvgIpc) is 2.78. The van der Waals surface area contributed by atoms with Crippen LogP contribution in [0.1, 0.15) is 22.6 Å². The van der Waals surface area contributed by atoms with Crippen molar-refractivity contribution in [1.82, 2.24) is 0 Å². The summed E-state index contributed by atoms with van der Waals surface area (Å²) in [7, 11) is 0. The van der Waals surface area contributed by atoms with Crippen LogP contribution in [-0.4, -0.2) is 0 Å². The van der Waals surface area contributed by atoms with Gasteiger partial charge in [-0.15, -0.1) is 6.42 Å². The zero-order chi connectivity index (χ0) is 11.4. The normalized spacial score (nSPS) is 9.69. The molecule has 1 heteroatoms. The van der Waals surface area contributed by atoms with Crippen LogP contribution in [0.2, 0.25) is 0 Å². The molecule has 0 saturated carbocycles. The SMILES string of the molecule is C#Cc1ccc(Cc2ccc(C=C)o2)cc1. The van der Waals surface area contributed by atoms with E-state index in [1.807, 2.05) is 36.4 Å².